The first-order valence-electron chi connectivity index (χ1n) is 26.0. The second-order valence-corrected chi connectivity index (χ2v) is 25.4. The highest BCUT2D eigenvalue weighted by Gasteiger charge is 2.70. The molecule has 3 fully saturated rings. The first-order chi connectivity index (χ1) is 35.4. The van der Waals surface area contributed by atoms with E-state index in [2.05, 4.69) is 285 Å². The summed E-state index contributed by atoms with van der Waals surface area (Å²) in [6.07, 6.45) is 6.53. The van der Waals surface area contributed by atoms with Crippen molar-refractivity contribution in [2.75, 3.05) is 4.90 Å². The molecule has 0 N–H and O–H groups in total. The average Bonchev–Trinajstić information content (AvgIpc) is 4.02. The van der Waals surface area contributed by atoms with Crippen molar-refractivity contribution in [3.05, 3.63) is 284 Å². The summed E-state index contributed by atoms with van der Waals surface area (Å²) in [6, 6.07) is 102. The van der Waals surface area contributed by atoms with Crippen LogP contribution < -0.4 is 25.6 Å². The third-order valence-corrected chi connectivity index (χ3v) is 22.0. The molecule has 0 aromatic heterocycles. The van der Waals surface area contributed by atoms with Crippen LogP contribution in [0.25, 0.3) is 33.4 Å². The van der Waals surface area contributed by atoms with Crippen molar-refractivity contribution >= 4 is 45.9 Å². The van der Waals surface area contributed by atoms with Gasteiger partial charge in [0, 0.05) is 17.1 Å². The molecule has 3 saturated carbocycles. The summed E-state index contributed by atoms with van der Waals surface area (Å²) in [6.45, 7) is 2.59. The minimum absolute atomic E-state index is 0.110. The Hall–Kier alpha value is -7.78. The lowest BCUT2D eigenvalue weighted by Crippen LogP contribution is -2.74. The van der Waals surface area contributed by atoms with E-state index in [-0.39, 0.29) is 10.8 Å². The predicted octanol–water partition coefficient (Wildman–Crippen LogP) is 15.3. The highest BCUT2D eigenvalue weighted by molar-refractivity contribution is 7.19. The average molecular weight is 942 g/mol. The smallest absolute Gasteiger partial charge is 0.0462 e. The van der Waals surface area contributed by atoms with Gasteiger partial charge >= 0.3 is 0 Å². The Morgan fingerprint density at radius 2 is 0.667 bits per heavy atom. The zero-order chi connectivity index (χ0) is 48.2. The molecule has 0 radical (unpaired) electrons. The molecular weight excluding hydrogens is 883 g/mol. The van der Waals surface area contributed by atoms with Crippen LogP contribution in [0.3, 0.4) is 0 Å². The summed E-state index contributed by atoms with van der Waals surface area (Å²) >= 11 is 0. The van der Waals surface area contributed by atoms with E-state index < -0.39 is 8.07 Å². The van der Waals surface area contributed by atoms with Crippen molar-refractivity contribution in [1.29, 1.82) is 0 Å². The van der Waals surface area contributed by atoms with Gasteiger partial charge in [0.15, 0.2) is 0 Å². The predicted molar refractivity (Wildman–Crippen MR) is 306 cm³/mol. The molecule has 349 valence electrons. The first-order valence-corrected chi connectivity index (χ1v) is 28.0. The molecule has 4 atom stereocenters. The van der Waals surface area contributed by atoms with Crippen LogP contribution >= 0.6 is 0 Å². The number of fused-ring (bicyclic) bond motifs is 1. The van der Waals surface area contributed by atoms with Gasteiger partial charge in [-0.25, -0.2) is 0 Å². The van der Waals surface area contributed by atoms with Crippen LogP contribution in [0.1, 0.15) is 50.2 Å². The Morgan fingerprint density at radius 1 is 0.319 bits per heavy atom. The lowest BCUT2D eigenvalue weighted by Gasteiger charge is -2.49. The maximum Gasteiger partial charge on any atom is 0.0462 e. The molecule has 4 unspecified atom stereocenters. The summed E-state index contributed by atoms with van der Waals surface area (Å²) in [5.74, 6) is 0.842. The SMILES string of the molecule is CC1(c2ccc(-c3ccc(N(c4ccccc4)c4ccc(-c5ccc(-c6ccccc6)cc5)cc4)cc3)cc2)CC2(c3ccc([Si-](c4ccccc4)(c4ccccc4)c4ccccc4)cc3)CC3CC3(C1)C2. The molecule has 0 aliphatic heterocycles. The zero-order valence-corrected chi connectivity index (χ0v) is 42.0. The lowest BCUT2D eigenvalue weighted by molar-refractivity contribution is 0.160. The summed E-state index contributed by atoms with van der Waals surface area (Å²) in [5, 5.41) is 5.74. The molecule has 3 aliphatic rings. The monoisotopic (exact) mass is 941 g/mol. The molecule has 3 aliphatic carbocycles. The minimum atomic E-state index is -2.58. The van der Waals surface area contributed by atoms with Crippen LogP contribution in [-0.4, -0.2) is 8.07 Å². The molecule has 13 rings (SSSR count). The quantitative estimate of drug-likeness (QED) is 0.0871. The number of hydrogen-bond acceptors (Lipinski definition) is 1. The van der Waals surface area contributed by atoms with Gasteiger partial charge in [-0.05, 0) is 143 Å². The van der Waals surface area contributed by atoms with Gasteiger partial charge in [-0.15, -0.1) is 0 Å². The molecule has 10 aromatic rings. The van der Waals surface area contributed by atoms with Crippen molar-refractivity contribution in [3.8, 4) is 33.4 Å². The Labute approximate surface area is 427 Å². The van der Waals surface area contributed by atoms with Gasteiger partial charge in [-0.2, -0.15) is 20.7 Å². The van der Waals surface area contributed by atoms with Gasteiger partial charge in [-0.3, -0.25) is 0 Å². The van der Waals surface area contributed by atoms with Gasteiger partial charge in [-0.1, -0.05) is 244 Å². The molecule has 1 spiro atoms. The molecular formula is C70H59NSi-. The summed E-state index contributed by atoms with van der Waals surface area (Å²) < 4.78 is 0. The van der Waals surface area contributed by atoms with Gasteiger partial charge in [0.1, 0.15) is 0 Å². The van der Waals surface area contributed by atoms with E-state index in [1.165, 1.54) is 91.8 Å². The van der Waals surface area contributed by atoms with Crippen LogP contribution in [0.2, 0.25) is 0 Å². The van der Waals surface area contributed by atoms with Crippen LogP contribution in [0.15, 0.2) is 273 Å². The van der Waals surface area contributed by atoms with Crippen molar-refractivity contribution in [2.45, 2.75) is 49.9 Å². The molecule has 0 saturated heterocycles. The van der Waals surface area contributed by atoms with Crippen LogP contribution in [-0.2, 0) is 10.8 Å². The van der Waals surface area contributed by atoms with E-state index in [4.69, 9.17) is 0 Å². The van der Waals surface area contributed by atoms with E-state index in [1.807, 2.05) is 0 Å². The second kappa shape index (κ2) is 17.8. The Bertz CT molecular complexity index is 3360. The minimum Gasteiger partial charge on any atom is -0.311 e. The first kappa shape index (κ1) is 44.2. The van der Waals surface area contributed by atoms with Gasteiger partial charge in [0.05, 0.1) is 0 Å². The molecule has 2 heteroatoms. The van der Waals surface area contributed by atoms with E-state index in [9.17, 15) is 0 Å². The van der Waals surface area contributed by atoms with Gasteiger partial charge < -0.3 is 4.90 Å². The maximum absolute atomic E-state index is 2.59. The highest BCUT2D eigenvalue weighted by Crippen LogP contribution is 2.78. The van der Waals surface area contributed by atoms with Crippen molar-refractivity contribution < 1.29 is 0 Å². The number of nitrogens with zero attached hydrogens (tertiary/aromatic N) is 1. The maximum atomic E-state index is 2.59. The van der Waals surface area contributed by atoms with E-state index in [1.54, 1.807) is 5.56 Å². The molecule has 0 heterocycles. The van der Waals surface area contributed by atoms with Crippen molar-refractivity contribution in [2.24, 2.45) is 11.3 Å². The fraction of sp³-hybridized carbons (Fsp3) is 0.143. The molecule has 2 bridgehead atoms. The van der Waals surface area contributed by atoms with Gasteiger partial charge in [0.25, 0.3) is 0 Å². The van der Waals surface area contributed by atoms with Crippen molar-refractivity contribution in [1.82, 2.24) is 0 Å². The largest absolute Gasteiger partial charge is 0.311 e. The fourth-order valence-corrected chi connectivity index (χ4v) is 18.7. The Balaban J connectivity index is 0.766. The van der Waals surface area contributed by atoms with Crippen LogP contribution in [0.4, 0.5) is 17.1 Å². The standard InChI is InChI=1S/C70H59NSi/c1-68(49-69(47-60-48-70(60,50-68)51-69)59-39-45-67(46-40-59)72(64-21-11-4-12-22-64,65-23-13-5-14-24-65)66-25-15-6-16-26-66)58-37-31-55(32-38-58)57-35-43-63(44-36-57)71(61-19-9-3-10-20-61)62-41-33-56(34-42-62)54-29-27-53(28-30-54)52-17-7-2-8-18-52/h2-46,60H,47-51H2,1H3/q-1. The van der Waals surface area contributed by atoms with E-state index >= 15 is 0 Å². The van der Waals surface area contributed by atoms with Crippen LogP contribution in [0, 0.1) is 11.3 Å². The Kier molecular flexibility index (Phi) is 10.9. The number of hydrogen-bond donors (Lipinski definition) is 0. The number of benzene rings is 10. The van der Waals surface area contributed by atoms with Crippen LogP contribution in [0.5, 0.6) is 0 Å². The molecule has 10 aromatic carbocycles. The summed E-state index contributed by atoms with van der Waals surface area (Å²) in [4.78, 5) is 2.36. The van der Waals surface area contributed by atoms with Gasteiger partial charge in [0.2, 0.25) is 0 Å². The fourth-order valence-electron chi connectivity index (χ4n) is 14.0. The molecule has 0 amide bonds. The normalized spacial score (nSPS) is 20.9. The second-order valence-electron chi connectivity index (χ2n) is 21.5. The third kappa shape index (κ3) is 7.68. The number of rotatable bonds is 12. The topological polar surface area (TPSA) is 3.24 Å². The number of anilines is 3. The zero-order valence-electron chi connectivity index (χ0n) is 41.0. The molecule has 72 heavy (non-hydrogen) atoms. The third-order valence-electron chi connectivity index (χ3n) is 17.2. The Morgan fingerprint density at radius 3 is 1.12 bits per heavy atom. The lowest BCUT2D eigenvalue weighted by atomic mass is 9.56. The summed E-state index contributed by atoms with van der Waals surface area (Å²) in [5.41, 5.74) is 14.6. The summed E-state index contributed by atoms with van der Waals surface area (Å²) in [7, 11) is -2.58. The highest BCUT2D eigenvalue weighted by atomic mass is 28.3. The number of para-hydroxylation sites is 1. The van der Waals surface area contributed by atoms with Crippen molar-refractivity contribution in [3.63, 3.8) is 0 Å². The van der Waals surface area contributed by atoms with E-state index in [0.717, 1.165) is 23.0 Å². The van der Waals surface area contributed by atoms with E-state index in [0.29, 0.717) is 5.41 Å². The molecule has 1 nitrogen and oxygen atoms in total.